The molecule has 1 unspecified atom stereocenters. The first kappa shape index (κ1) is 23.3. The number of carbonyl (C=O) groups excluding carboxylic acids is 1. The fraction of sp³-hybridized carbons (Fsp3) is 0.591. The van der Waals surface area contributed by atoms with Gasteiger partial charge in [0.05, 0.1) is 31.9 Å². The van der Waals surface area contributed by atoms with Gasteiger partial charge in [0, 0.05) is 18.1 Å². The summed E-state index contributed by atoms with van der Waals surface area (Å²) < 4.78 is 15.6. The lowest BCUT2D eigenvalue weighted by atomic mass is 9.91. The van der Waals surface area contributed by atoms with E-state index in [-0.39, 0.29) is 24.2 Å². The SMILES string of the molecule is CCCCOC1=C(CN)[N+]([O-])(CC(C)(C)C)C(=O)c2ccc(OCCOC)cc21. The first-order valence-electron chi connectivity index (χ1n) is 10.1. The van der Waals surface area contributed by atoms with Crippen molar-refractivity contribution in [1.29, 1.82) is 0 Å². The van der Waals surface area contributed by atoms with Crippen LogP contribution in [0.5, 0.6) is 5.75 Å². The maximum Gasteiger partial charge on any atom is 0.351 e. The third-order valence-corrected chi connectivity index (χ3v) is 4.68. The van der Waals surface area contributed by atoms with Crippen molar-refractivity contribution >= 4 is 11.7 Å². The molecule has 2 N–H and O–H groups in total. The molecule has 0 fully saturated rings. The summed E-state index contributed by atoms with van der Waals surface area (Å²) in [6.45, 7) is 9.19. The van der Waals surface area contributed by atoms with Gasteiger partial charge < -0.3 is 25.2 Å². The molecule has 1 aromatic rings. The first-order valence-corrected chi connectivity index (χ1v) is 10.1. The number of benzene rings is 1. The number of unbranched alkanes of at least 4 members (excludes halogenated alkanes) is 1. The molecule has 0 bridgehead atoms. The standard InChI is InChI=1S/C22H34N2O5/c1-6-7-10-29-20-18-13-16(28-12-11-27-5)8-9-17(18)21(25)24(26,19(20)14-23)15-22(2,3)4/h8-9,13H,6-7,10-12,14-15,23H2,1-5H3. The molecule has 7 nitrogen and oxygen atoms in total. The lowest BCUT2D eigenvalue weighted by Gasteiger charge is -2.47. The Morgan fingerprint density at radius 3 is 2.41 bits per heavy atom. The van der Waals surface area contributed by atoms with Crippen LogP contribution in [0.1, 0.15) is 56.5 Å². The average molecular weight is 407 g/mol. The van der Waals surface area contributed by atoms with Gasteiger partial charge >= 0.3 is 5.91 Å². The zero-order valence-corrected chi connectivity index (χ0v) is 18.2. The van der Waals surface area contributed by atoms with Gasteiger partial charge in [-0.05, 0) is 24.6 Å². The minimum absolute atomic E-state index is 0.0546. The fourth-order valence-electron chi connectivity index (χ4n) is 3.42. The summed E-state index contributed by atoms with van der Waals surface area (Å²) in [6, 6.07) is 5.09. The summed E-state index contributed by atoms with van der Waals surface area (Å²) >= 11 is 0. The largest absolute Gasteiger partial charge is 0.620 e. The molecule has 162 valence electrons. The topological polar surface area (TPSA) is 93.8 Å². The van der Waals surface area contributed by atoms with Crippen LogP contribution in [0.25, 0.3) is 5.76 Å². The summed E-state index contributed by atoms with van der Waals surface area (Å²) in [4.78, 5) is 13.3. The Labute approximate surface area is 173 Å². The highest BCUT2D eigenvalue weighted by Crippen LogP contribution is 2.40. The second kappa shape index (κ2) is 9.71. The van der Waals surface area contributed by atoms with Crippen LogP contribution in [0.2, 0.25) is 0 Å². The highest BCUT2D eigenvalue weighted by Gasteiger charge is 2.45. The van der Waals surface area contributed by atoms with Gasteiger partial charge in [-0.3, -0.25) is 4.65 Å². The number of rotatable bonds is 10. The van der Waals surface area contributed by atoms with Crippen LogP contribution in [-0.4, -0.2) is 50.6 Å². The molecular weight excluding hydrogens is 372 g/mol. The lowest BCUT2D eigenvalue weighted by molar-refractivity contribution is -0.766. The molecule has 0 saturated heterocycles. The Bertz CT molecular complexity index is 754. The van der Waals surface area contributed by atoms with E-state index in [2.05, 4.69) is 6.92 Å². The van der Waals surface area contributed by atoms with Gasteiger partial charge in [-0.1, -0.05) is 34.1 Å². The highest BCUT2D eigenvalue weighted by atomic mass is 16.6. The third kappa shape index (κ3) is 5.36. The quantitative estimate of drug-likeness (QED) is 0.362. The Hall–Kier alpha value is -1.93. The summed E-state index contributed by atoms with van der Waals surface area (Å²) in [7, 11) is 1.60. The molecule has 1 heterocycles. The predicted molar refractivity (Wildman–Crippen MR) is 113 cm³/mol. The van der Waals surface area contributed by atoms with E-state index < -0.39 is 10.6 Å². The average Bonchev–Trinajstić information content (AvgIpc) is 2.65. The number of nitrogens with two attached hydrogens (primary N) is 1. The summed E-state index contributed by atoms with van der Waals surface area (Å²) in [5, 5.41) is 13.9. The van der Waals surface area contributed by atoms with E-state index in [0.29, 0.717) is 42.5 Å². The summed E-state index contributed by atoms with van der Waals surface area (Å²) in [5.41, 5.74) is 6.80. The van der Waals surface area contributed by atoms with Crippen molar-refractivity contribution in [3.8, 4) is 5.75 Å². The zero-order chi connectivity index (χ0) is 21.7. The zero-order valence-electron chi connectivity index (χ0n) is 18.2. The van der Waals surface area contributed by atoms with Crippen LogP contribution in [0, 0.1) is 10.6 Å². The van der Waals surface area contributed by atoms with Gasteiger partial charge in [-0.2, -0.15) is 0 Å². The summed E-state index contributed by atoms with van der Waals surface area (Å²) in [5.74, 6) is 0.483. The van der Waals surface area contributed by atoms with Gasteiger partial charge in [0.2, 0.25) is 0 Å². The Morgan fingerprint density at radius 1 is 1.10 bits per heavy atom. The van der Waals surface area contributed by atoms with E-state index in [1.807, 2.05) is 20.8 Å². The van der Waals surface area contributed by atoms with Crippen LogP contribution in [0.4, 0.5) is 0 Å². The van der Waals surface area contributed by atoms with Gasteiger partial charge in [-0.25, -0.2) is 4.79 Å². The fourth-order valence-corrected chi connectivity index (χ4v) is 3.42. The number of ether oxygens (including phenoxy) is 3. The van der Waals surface area contributed by atoms with E-state index in [4.69, 9.17) is 19.9 Å². The van der Waals surface area contributed by atoms with Crippen LogP contribution >= 0.6 is 0 Å². The number of methoxy groups -OCH3 is 1. The molecular formula is C22H34N2O5. The molecule has 1 aliphatic rings. The van der Waals surface area contributed by atoms with Crippen LogP contribution in [0.3, 0.4) is 0 Å². The van der Waals surface area contributed by atoms with Crippen molar-refractivity contribution in [3.05, 3.63) is 40.2 Å². The van der Waals surface area contributed by atoms with Gasteiger partial charge in [0.15, 0.2) is 11.5 Å². The number of fused-ring (bicyclic) bond motifs is 1. The Balaban J connectivity index is 2.56. The minimum atomic E-state index is -1.11. The number of quaternary nitrogens is 1. The number of amides is 1. The number of hydroxylamine groups is 3. The van der Waals surface area contributed by atoms with Crippen LogP contribution in [-0.2, 0) is 9.47 Å². The van der Waals surface area contributed by atoms with Crippen molar-refractivity contribution in [2.24, 2.45) is 11.1 Å². The van der Waals surface area contributed by atoms with Gasteiger partial charge in [0.25, 0.3) is 0 Å². The minimum Gasteiger partial charge on any atom is -0.620 e. The molecule has 1 atom stereocenters. The van der Waals surface area contributed by atoms with Crippen molar-refractivity contribution in [3.63, 3.8) is 0 Å². The van der Waals surface area contributed by atoms with E-state index in [9.17, 15) is 10.0 Å². The number of hydrogen-bond donors (Lipinski definition) is 1. The van der Waals surface area contributed by atoms with E-state index in [0.717, 1.165) is 12.8 Å². The molecule has 29 heavy (non-hydrogen) atoms. The van der Waals surface area contributed by atoms with Gasteiger partial charge in [-0.15, -0.1) is 0 Å². The molecule has 0 radical (unpaired) electrons. The maximum absolute atomic E-state index is 13.9. The molecule has 1 aromatic carbocycles. The number of hydrogen-bond acceptors (Lipinski definition) is 6. The molecule has 1 amide bonds. The predicted octanol–water partition coefficient (Wildman–Crippen LogP) is 3.67. The van der Waals surface area contributed by atoms with Gasteiger partial charge in [0.1, 0.15) is 12.4 Å². The van der Waals surface area contributed by atoms with Crippen molar-refractivity contribution in [1.82, 2.24) is 0 Å². The second-order valence-electron chi connectivity index (χ2n) is 8.49. The van der Waals surface area contributed by atoms with Crippen LogP contribution < -0.4 is 10.5 Å². The molecule has 2 rings (SSSR count). The highest BCUT2D eigenvalue weighted by molar-refractivity contribution is 5.98. The van der Waals surface area contributed by atoms with Crippen molar-refractivity contribution in [2.45, 2.75) is 40.5 Å². The Kier molecular flexibility index (Phi) is 7.82. The Morgan fingerprint density at radius 2 is 1.83 bits per heavy atom. The lowest BCUT2D eigenvalue weighted by Crippen LogP contribution is -2.55. The van der Waals surface area contributed by atoms with E-state index >= 15 is 0 Å². The molecule has 7 heteroatoms. The molecule has 0 spiro atoms. The van der Waals surface area contributed by atoms with Crippen molar-refractivity contribution in [2.75, 3.05) is 40.0 Å². The van der Waals surface area contributed by atoms with Crippen LogP contribution in [0.15, 0.2) is 23.9 Å². The number of carbonyl (C=O) groups is 1. The summed E-state index contributed by atoms with van der Waals surface area (Å²) in [6.07, 6.45) is 1.79. The molecule has 0 aliphatic carbocycles. The molecule has 0 aromatic heterocycles. The molecule has 0 saturated carbocycles. The molecule has 1 aliphatic heterocycles. The number of nitrogens with zero attached hydrogens (tertiary/aromatic N) is 1. The van der Waals surface area contributed by atoms with E-state index in [1.165, 1.54) is 0 Å². The normalized spacial score (nSPS) is 19.3. The monoisotopic (exact) mass is 406 g/mol. The van der Waals surface area contributed by atoms with E-state index in [1.54, 1.807) is 25.3 Å². The maximum atomic E-state index is 13.9. The third-order valence-electron chi connectivity index (χ3n) is 4.68. The smallest absolute Gasteiger partial charge is 0.351 e. The second-order valence-corrected chi connectivity index (χ2v) is 8.49. The first-order chi connectivity index (χ1) is 13.7. The van der Waals surface area contributed by atoms with Crippen molar-refractivity contribution < 1.29 is 23.7 Å².